The smallest absolute Gasteiger partial charge is 0.236 e. The van der Waals surface area contributed by atoms with Gasteiger partial charge in [-0.3, -0.25) is 0 Å². The zero-order chi connectivity index (χ0) is 9.97. The molecule has 0 N–H and O–H groups in total. The van der Waals surface area contributed by atoms with Gasteiger partial charge in [-0.05, 0) is 0 Å². The van der Waals surface area contributed by atoms with Crippen molar-refractivity contribution in [1.82, 2.24) is 19.7 Å². The van der Waals surface area contributed by atoms with Gasteiger partial charge < -0.3 is 8.98 Å². The first-order valence-electron chi connectivity index (χ1n) is 4.58. The molecule has 0 fully saturated rings. The van der Waals surface area contributed by atoms with Crippen molar-refractivity contribution in [3.05, 3.63) is 30.0 Å². The summed E-state index contributed by atoms with van der Waals surface area (Å²) in [4.78, 5) is 4.21. The highest BCUT2D eigenvalue weighted by atomic mass is 16.4. The van der Waals surface area contributed by atoms with Crippen molar-refractivity contribution in [3.8, 4) is 0 Å². The molecule has 5 nitrogen and oxygen atoms in total. The van der Waals surface area contributed by atoms with E-state index in [4.69, 9.17) is 4.42 Å². The van der Waals surface area contributed by atoms with Crippen LogP contribution in [0, 0.1) is 6.92 Å². The van der Waals surface area contributed by atoms with Gasteiger partial charge in [0.2, 0.25) is 11.8 Å². The van der Waals surface area contributed by atoms with Gasteiger partial charge in [-0.15, -0.1) is 10.2 Å². The van der Waals surface area contributed by atoms with E-state index in [1.807, 2.05) is 10.8 Å². The molecule has 0 saturated carbocycles. The Kier molecular flexibility index (Phi) is 2.30. The van der Waals surface area contributed by atoms with Crippen LogP contribution in [0.3, 0.4) is 0 Å². The van der Waals surface area contributed by atoms with Crippen LogP contribution in [0.15, 0.2) is 16.8 Å². The van der Waals surface area contributed by atoms with Gasteiger partial charge >= 0.3 is 0 Å². The minimum atomic E-state index is 0.596. The van der Waals surface area contributed by atoms with Crippen LogP contribution in [0.2, 0.25) is 0 Å². The molecule has 0 aromatic carbocycles. The van der Waals surface area contributed by atoms with Crippen LogP contribution in [0.1, 0.15) is 24.5 Å². The van der Waals surface area contributed by atoms with Crippen LogP contribution in [-0.2, 0) is 13.0 Å². The van der Waals surface area contributed by atoms with Crippen LogP contribution in [0.4, 0.5) is 0 Å². The number of hydrogen-bond acceptors (Lipinski definition) is 4. The molecule has 0 radical (unpaired) electrons. The Labute approximate surface area is 81.8 Å². The molecule has 0 aliphatic rings. The largest absolute Gasteiger partial charge is 0.424 e. The van der Waals surface area contributed by atoms with Crippen molar-refractivity contribution < 1.29 is 4.42 Å². The van der Waals surface area contributed by atoms with E-state index >= 15 is 0 Å². The maximum atomic E-state index is 5.29. The summed E-state index contributed by atoms with van der Waals surface area (Å²) in [6.07, 6.45) is 4.60. The summed E-state index contributed by atoms with van der Waals surface area (Å²) in [5.41, 5.74) is 0. The fraction of sp³-hybridized carbons (Fsp3) is 0.444. The van der Waals surface area contributed by atoms with Crippen LogP contribution in [0.5, 0.6) is 0 Å². The minimum absolute atomic E-state index is 0.596. The van der Waals surface area contributed by atoms with Crippen LogP contribution in [0.25, 0.3) is 0 Å². The number of aryl methyl sites for hydroxylation is 2. The third-order valence-corrected chi connectivity index (χ3v) is 1.99. The van der Waals surface area contributed by atoms with Crippen LogP contribution >= 0.6 is 0 Å². The van der Waals surface area contributed by atoms with E-state index in [-0.39, 0.29) is 0 Å². The average Bonchev–Trinajstić information content (AvgIpc) is 2.76. The highest BCUT2D eigenvalue weighted by Gasteiger charge is 2.05. The number of rotatable bonds is 3. The van der Waals surface area contributed by atoms with Gasteiger partial charge in [-0.25, -0.2) is 4.98 Å². The van der Waals surface area contributed by atoms with Crippen molar-refractivity contribution in [3.63, 3.8) is 0 Å². The van der Waals surface area contributed by atoms with E-state index in [9.17, 15) is 0 Å². The molecule has 74 valence electrons. The highest BCUT2D eigenvalue weighted by molar-refractivity contribution is 4.95. The lowest BCUT2D eigenvalue weighted by Crippen LogP contribution is -2.03. The molecule has 0 atom stereocenters. The Bertz CT molecular complexity index is 418. The Morgan fingerprint density at radius 1 is 1.43 bits per heavy atom. The predicted octanol–water partition coefficient (Wildman–Crippen LogP) is 1.19. The fourth-order valence-corrected chi connectivity index (χ4v) is 1.35. The van der Waals surface area contributed by atoms with Gasteiger partial charge in [0, 0.05) is 25.7 Å². The number of aromatic nitrogens is 4. The average molecular weight is 192 g/mol. The zero-order valence-electron chi connectivity index (χ0n) is 8.27. The Morgan fingerprint density at radius 2 is 2.29 bits per heavy atom. The minimum Gasteiger partial charge on any atom is -0.424 e. The van der Waals surface area contributed by atoms with Crippen molar-refractivity contribution >= 4 is 0 Å². The Hall–Kier alpha value is -1.65. The second-order valence-electron chi connectivity index (χ2n) is 3.04. The van der Waals surface area contributed by atoms with E-state index in [0.29, 0.717) is 18.3 Å². The molecule has 2 heterocycles. The molecule has 2 aromatic rings. The van der Waals surface area contributed by atoms with Gasteiger partial charge in [0.05, 0.1) is 0 Å². The van der Waals surface area contributed by atoms with E-state index < -0.39 is 0 Å². The van der Waals surface area contributed by atoms with Gasteiger partial charge in [0.25, 0.3) is 0 Å². The first-order valence-corrected chi connectivity index (χ1v) is 4.58. The highest BCUT2D eigenvalue weighted by Crippen LogP contribution is 2.04. The van der Waals surface area contributed by atoms with E-state index in [2.05, 4.69) is 22.1 Å². The monoisotopic (exact) mass is 192 g/mol. The molecule has 0 spiro atoms. The molecule has 0 aliphatic heterocycles. The number of imidazole rings is 1. The second-order valence-corrected chi connectivity index (χ2v) is 3.04. The molecule has 5 heteroatoms. The molecular formula is C9H12N4O. The van der Waals surface area contributed by atoms with Gasteiger partial charge in [-0.1, -0.05) is 6.92 Å². The normalized spacial score (nSPS) is 10.7. The fourth-order valence-electron chi connectivity index (χ4n) is 1.35. The van der Waals surface area contributed by atoms with Crippen LogP contribution in [-0.4, -0.2) is 19.7 Å². The van der Waals surface area contributed by atoms with E-state index in [0.717, 1.165) is 12.2 Å². The molecule has 0 amide bonds. The zero-order valence-corrected chi connectivity index (χ0v) is 8.27. The molecule has 0 unspecified atom stereocenters. The SMILES string of the molecule is CCc1nccn1Cc1nnc(C)o1. The van der Waals surface area contributed by atoms with Crippen molar-refractivity contribution in [2.45, 2.75) is 26.8 Å². The summed E-state index contributed by atoms with van der Waals surface area (Å²) < 4.78 is 7.29. The maximum absolute atomic E-state index is 5.29. The number of hydrogen-bond donors (Lipinski definition) is 0. The van der Waals surface area contributed by atoms with Gasteiger partial charge in [-0.2, -0.15) is 0 Å². The lowest BCUT2D eigenvalue weighted by molar-refractivity contribution is 0.451. The molecule has 2 aromatic heterocycles. The summed E-state index contributed by atoms with van der Waals surface area (Å²) >= 11 is 0. The molecular weight excluding hydrogens is 180 g/mol. The molecule has 0 saturated heterocycles. The Balaban J connectivity index is 2.18. The van der Waals surface area contributed by atoms with E-state index in [1.165, 1.54) is 0 Å². The summed E-state index contributed by atoms with van der Waals surface area (Å²) in [6.45, 7) is 4.45. The first-order chi connectivity index (χ1) is 6.79. The third-order valence-electron chi connectivity index (χ3n) is 1.99. The second kappa shape index (κ2) is 3.61. The summed E-state index contributed by atoms with van der Waals surface area (Å²) in [5, 5.41) is 7.70. The molecule has 0 aliphatic carbocycles. The van der Waals surface area contributed by atoms with Gasteiger partial charge in [0.15, 0.2) is 0 Å². The van der Waals surface area contributed by atoms with Gasteiger partial charge in [0.1, 0.15) is 12.4 Å². The maximum Gasteiger partial charge on any atom is 0.236 e. The van der Waals surface area contributed by atoms with Crippen molar-refractivity contribution in [2.75, 3.05) is 0 Å². The molecule has 0 bridgehead atoms. The van der Waals surface area contributed by atoms with Crippen molar-refractivity contribution in [1.29, 1.82) is 0 Å². The third kappa shape index (κ3) is 1.66. The molecule has 2 rings (SSSR count). The van der Waals surface area contributed by atoms with E-state index in [1.54, 1.807) is 13.1 Å². The topological polar surface area (TPSA) is 56.7 Å². The quantitative estimate of drug-likeness (QED) is 0.732. The Morgan fingerprint density at radius 3 is 2.93 bits per heavy atom. The summed E-state index contributed by atoms with van der Waals surface area (Å²) in [6, 6.07) is 0. The summed E-state index contributed by atoms with van der Waals surface area (Å²) in [7, 11) is 0. The van der Waals surface area contributed by atoms with Crippen LogP contribution < -0.4 is 0 Å². The standard InChI is InChI=1S/C9H12N4O/c1-3-8-10-4-5-13(8)6-9-12-11-7(2)14-9/h4-5H,3,6H2,1-2H3. The predicted molar refractivity (Wildman–Crippen MR) is 49.7 cm³/mol. The lowest BCUT2D eigenvalue weighted by Gasteiger charge is -2.01. The molecule has 14 heavy (non-hydrogen) atoms. The lowest BCUT2D eigenvalue weighted by atomic mass is 10.4. The first kappa shape index (κ1) is 8.93. The van der Waals surface area contributed by atoms with Crippen molar-refractivity contribution in [2.24, 2.45) is 0 Å². The summed E-state index contributed by atoms with van der Waals surface area (Å²) in [5.74, 6) is 2.24. The number of nitrogens with zero attached hydrogens (tertiary/aromatic N) is 4.